The maximum atomic E-state index is 10.0. The molecule has 0 aliphatic carbocycles. The number of hydrogen-bond donors (Lipinski definition) is 0. The Kier molecular flexibility index (Phi) is 18.4. The molecule has 0 N–H and O–H groups in total. The fourth-order valence-corrected chi connectivity index (χ4v) is 2.20. The van der Waals surface area contributed by atoms with E-state index in [1.54, 1.807) is 0 Å². The summed E-state index contributed by atoms with van der Waals surface area (Å²) < 4.78 is 0. The smallest absolute Gasteiger partial charge is 0.550 e. The van der Waals surface area contributed by atoms with Crippen LogP contribution in [0.25, 0.3) is 0 Å². The van der Waals surface area contributed by atoms with Crippen molar-refractivity contribution in [1.29, 1.82) is 0 Å². The molecule has 0 amide bonds. The summed E-state index contributed by atoms with van der Waals surface area (Å²) in [6.45, 7) is 13.2. The minimum atomic E-state index is -0.925. The number of aliphatic carboxylic acids is 2. The standard InChI is InChI=1S/2C10H20O2.Cr/c2*1-10(2,3)8-6-4-5-7-9(11)12;/h2*4-8H2,1-3H3,(H,11,12);/q;;+2/p-2. The molecule has 148 valence electrons. The average molecular weight is 395 g/mol. The van der Waals surface area contributed by atoms with Gasteiger partial charge in [-0.15, -0.1) is 0 Å². The maximum Gasteiger partial charge on any atom is 2.00 e. The number of rotatable bonds is 10. The van der Waals surface area contributed by atoms with E-state index in [2.05, 4.69) is 41.5 Å². The predicted molar refractivity (Wildman–Crippen MR) is 95.1 cm³/mol. The topological polar surface area (TPSA) is 80.3 Å². The summed E-state index contributed by atoms with van der Waals surface area (Å²) in [5.41, 5.74) is 0.753. The normalized spacial score (nSPS) is 11.1. The third kappa shape index (κ3) is 35.4. The van der Waals surface area contributed by atoms with Crippen molar-refractivity contribution in [2.45, 2.75) is 106 Å². The quantitative estimate of drug-likeness (QED) is 0.532. The van der Waals surface area contributed by atoms with Gasteiger partial charge in [0.1, 0.15) is 0 Å². The third-order valence-corrected chi connectivity index (χ3v) is 3.62. The second-order valence-electron chi connectivity index (χ2n) is 8.99. The largest absolute Gasteiger partial charge is 2.00 e. The Morgan fingerprint density at radius 2 is 0.880 bits per heavy atom. The Morgan fingerprint density at radius 1 is 0.600 bits per heavy atom. The fraction of sp³-hybridized carbons (Fsp3) is 0.900. The zero-order chi connectivity index (χ0) is 19.2. The molecule has 0 saturated heterocycles. The molecule has 25 heavy (non-hydrogen) atoms. The number of carboxylic acids is 2. The molecule has 0 aromatic heterocycles. The van der Waals surface area contributed by atoms with E-state index in [9.17, 15) is 19.8 Å². The van der Waals surface area contributed by atoms with Gasteiger partial charge in [-0.1, -0.05) is 67.2 Å². The van der Waals surface area contributed by atoms with Gasteiger partial charge in [0.05, 0.1) is 0 Å². The van der Waals surface area contributed by atoms with Crippen LogP contribution >= 0.6 is 0 Å². The second-order valence-corrected chi connectivity index (χ2v) is 8.99. The SMILES string of the molecule is CC(C)(C)CCCCCC(=O)[O-].CC(C)(C)CCCCCC(=O)[O-].[Cr+2]. The van der Waals surface area contributed by atoms with Gasteiger partial charge in [-0.05, 0) is 49.4 Å². The summed E-state index contributed by atoms with van der Waals surface area (Å²) in [6, 6.07) is 0. The van der Waals surface area contributed by atoms with Crippen molar-refractivity contribution in [3.63, 3.8) is 0 Å². The number of hydrogen-bond acceptors (Lipinski definition) is 4. The zero-order valence-corrected chi connectivity index (χ0v) is 18.4. The Morgan fingerprint density at radius 3 is 1.08 bits per heavy atom. The van der Waals surface area contributed by atoms with Crippen molar-refractivity contribution in [3.8, 4) is 0 Å². The van der Waals surface area contributed by atoms with Crippen LogP contribution in [-0.4, -0.2) is 11.9 Å². The van der Waals surface area contributed by atoms with Gasteiger partial charge in [0.15, 0.2) is 0 Å². The van der Waals surface area contributed by atoms with E-state index in [4.69, 9.17) is 0 Å². The summed E-state index contributed by atoms with van der Waals surface area (Å²) in [5, 5.41) is 20.1. The summed E-state index contributed by atoms with van der Waals surface area (Å²) in [4.78, 5) is 20.1. The van der Waals surface area contributed by atoms with Crippen molar-refractivity contribution in [2.24, 2.45) is 10.8 Å². The van der Waals surface area contributed by atoms with Crippen LogP contribution in [0.3, 0.4) is 0 Å². The van der Waals surface area contributed by atoms with Crippen molar-refractivity contribution in [2.75, 3.05) is 0 Å². The summed E-state index contributed by atoms with van der Waals surface area (Å²) in [5.74, 6) is -1.85. The monoisotopic (exact) mass is 394 g/mol. The van der Waals surface area contributed by atoms with Crippen LogP contribution in [0.5, 0.6) is 0 Å². The van der Waals surface area contributed by atoms with Crippen molar-refractivity contribution in [3.05, 3.63) is 0 Å². The van der Waals surface area contributed by atoms with Gasteiger partial charge >= 0.3 is 17.4 Å². The van der Waals surface area contributed by atoms with Crippen LogP contribution in [-0.2, 0) is 27.0 Å². The second kappa shape index (κ2) is 15.7. The molecule has 4 nitrogen and oxygen atoms in total. The van der Waals surface area contributed by atoms with Crippen molar-refractivity contribution < 1.29 is 37.2 Å². The third-order valence-electron chi connectivity index (χ3n) is 3.62. The van der Waals surface area contributed by atoms with E-state index in [1.165, 1.54) is 12.8 Å². The molecule has 0 spiro atoms. The van der Waals surface area contributed by atoms with Gasteiger partial charge in [0.25, 0.3) is 0 Å². The van der Waals surface area contributed by atoms with Gasteiger partial charge < -0.3 is 19.8 Å². The fourth-order valence-electron chi connectivity index (χ4n) is 2.20. The molecular weight excluding hydrogens is 356 g/mol. The van der Waals surface area contributed by atoms with Crippen LogP contribution < -0.4 is 10.2 Å². The molecule has 0 fully saturated rings. The predicted octanol–water partition coefficient (Wildman–Crippen LogP) is 3.46. The molecular formula is C20H38CrO4. The Hall–Kier alpha value is -0.528. The van der Waals surface area contributed by atoms with E-state index in [-0.39, 0.29) is 30.2 Å². The molecule has 5 heteroatoms. The molecule has 0 aromatic carbocycles. The molecule has 0 aliphatic rings. The number of carbonyl (C=O) groups excluding carboxylic acids is 2. The van der Waals surface area contributed by atoms with Crippen LogP contribution in [0.1, 0.15) is 106 Å². The van der Waals surface area contributed by atoms with E-state index in [1.807, 2.05) is 0 Å². The first-order valence-electron chi connectivity index (χ1n) is 9.23. The molecule has 0 aromatic rings. The van der Waals surface area contributed by atoms with E-state index in [0.29, 0.717) is 10.8 Å². The van der Waals surface area contributed by atoms with Crippen LogP contribution in [0.4, 0.5) is 0 Å². The minimum absolute atomic E-state index is 0. The minimum Gasteiger partial charge on any atom is -0.550 e. The maximum absolute atomic E-state index is 10.0. The van der Waals surface area contributed by atoms with Crippen LogP contribution in [0.2, 0.25) is 0 Å². The average Bonchev–Trinajstić information content (AvgIpc) is 2.35. The van der Waals surface area contributed by atoms with Crippen molar-refractivity contribution >= 4 is 11.9 Å². The number of carboxylic acid groups (broad SMARTS) is 2. The van der Waals surface area contributed by atoms with Crippen molar-refractivity contribution in [1.82, 2.24) is 0 Å². The molecule has 0 rings (SSSR count). The van der Waals surface area contributed by atoms with Crippen LogP contribution in [0.15, 0.2) is 0 Å². The first-order valence-corrected chi connectivity index (χ1v) is 9.23. The molecule has 0 bridgehead atoms. The number of unbranched alkanes of at least 4 members (excludes halogenated alkanes) is 4. The van der Waals surface area contributed by atoms with Gasteiger partial charge in [0.2, 0.25) is 0 Å². The Labute approximate surface area is 165 Å². The molecule has 0 radical (unpaired) electrons. The van der Waals surface area contributed by atoms with Crippen LogP contribution in [0, 0.1) is 10.8 Å². The summed E-state index contributed by atoms with van der Waals surface area (Å²) in [6.07, 6.45) is 8.54. The molecule has 0 heterocycles. The van der Waals surface area contributed by atoms with Gasteiger partial charge in [-0.3, -0.25) is 0 Å². The van der Waals surface area contributed by atoms with E-state index in [0.717, 1.165) is 38.5 Å². The first-order chi connectivity index (χ1) is 10.8. The molecule has 0 saturated carbocycles. The molecule has 0 unspecified atom stereocenters. The van der Waals surface area contributed by atoms with Gasteiger partial charge in [-0.25, -0.2) is 0 Å². The molecule has 0 aliphatic heterocycles. The zero-order valence-electron chi connectivity index (χ0n) is 17.1. The van der Waals surface area contributed by atoms with E-state index >= 15 is 0 Å². The van der Waals surface area contributed by atoms with E-state index < -0.39 is 11.9 Å². The Bertz CT molecular complexity index is 307. The summed E-state index contributed by atoms with van der Waals surface area (Å²) in [7, 11) is 0. The Balaban J connectivity index is -0.000000372. The van der Waals surface area contributed by atoms with Gasteiger partial charge in [-0.2, -0.15) is 0 Å². The number of carbonyl (C=O) groups is 2. The first kappa shape index (κ1) is 29.2. The van der Waals surface area contributed by atoms with Gasteiger partial charge in [0, 0.05) is 11.9 Å². The molecule has 0 atom stereocenters. The summed E-state index contributed by atoms with van der Waals surface area (Å²) >= 11 is 0.